The highest BCUT2D eigenvalue weighted by Gasteiger charge is 2.59. The van der Waals surface area contributed by atoms with Crippen LogP contribution in [-0.4, -0.2) is 59.9 Å². The van der Waals surface area contributed by atoms with Crippen LogP contribution in [0.5, 0.6) is 0 Å². The Labute approximate surface area is 156 Å². The van der Waals surface area contributed by atoms with Gasteiger partial charge in [0.2, 0.25) is 0 Å². The van der Waals surface area contributed by atoms with Crippen molar-refractivity contribution in [3.05, 3.63) is 11.8 Å². The average molecular weight is 380 g/mol. The first kappa shape index (κ1) is 18.4. The number of esters is 1. The Balaban J connectivity index is 1.75. The number of hydrogen-bond donors (Lipinski definition) is 0. The monoisotopic (exact) mass is 380 g/mol. The predicted molar refractivity (Wildman–Crippen MR) is 88.7 cm³/mol. The highest BCUT2D eigenvalue weighted by atomic mass is 19.2. The number of halogens is 2. The van der Waals surface area contributed by atoms with Crippen molar-refractivity contribution in [3.63, 3.8) is 0 Å². The SMILES string of the molecule is CCOC(=O)C1=CN2C3CC(C#N)CCC3OC3C(F)C(F)CC(C1=O)C32. The maximum Gasteiger partial charge on any atom is 0.343 e. The van der Waals surface area contributed by atoms with Crippen molar-refractivity contribution >= 4 is 11.8 Å². The van der Waals surface area contributed by atoms with E-state index in [2.05, 4.69) is 6.07 Å². The Morgan fingerprint density at radius 1 is 1.41 bits per heavy atom. The number of fused-ring (bicyclic) bond motifs is 2. The molecule has 0 aromatic rings. The molecule has 0 spiro atoms. The standard InChI is InChI=1S/C19H22F2N2O4/c1-2-26-19(25)11-8-23-13-5-9(7-22)3-4-14(13)27-18-15(21)12(20)6-10(16(18)23)17(11)24/h8-10,12-16,18H,2-6H2,1H3. The lowest BCUT2D eigenvalue weighted by Crippen LogP contribution is -2.70. The van der Waals surface area contributed by atoms with Crippen LogP contribution in [0.1, 0.15) is 32.6 Å². The summed E-state index contributed by atoms with van der Waals surface area (Å²) < 4.78 is 39.9. The van der Waals surface area contributed by atoms with Gasteiger partial charge in [0.15, 0.2) is 12.0 Å². The molecule has 0 amide bonds. The van der Waals surface area contributed by atoms with Crippen molar-refractivity contribution in [1.29, 1.82) is 5.26 Å². The van der Waals surface area contributed by atoms with Gasteiger partial charge in [0.25, 0.3) is 0 Å². The number of ketones is 1. The van der Waals surface area contributed by atoms with Gasteiger partial charge in [-0.2, -0.15) is 5.26 Å². The lowest BCUT2D eigenvalue weighted by molar-refractivity contribution is -0.211. The first-order valence-corrected chi connectivity index (χ1v) is 9.50. The normalized spacial score (nSPS) is 43.1. The third-order valence-electron chi connectivity index (χ3n) is 6.26. The van der Waals surface area contributed by atoms with Crippen LogP contribution >= 0.6 is 0 Å². The first-order valence-electron chi connectivity index (χ1n) is 9.50. The summed E-state index contributed by atoms with van der Waals surface area (Å²) in [5.41, 5.74) is -0.124. The molecule has 27 heavy (non-hydrogen) atoms. The Hall–Kier alpha value is -2.01. The van der Waals surface area contributed by atoms with E-state index in [4.69, 9.17) is 9.47 Å². The fourth-order valence-electron chi connectivity index (χ4n) is 5.02. The Bertz CT molecular complexity index is 721. The minimum atomic E-state index is -1.81. The molecule has 0 bridgehead atoms. The van der Waals surface area contributed by atoms with Gasteiger partial charge < -0.3 is 14.4 Å². The maximum atomic E-state index is 14.6. The van der Waals surface area contributed by atoms with E-state index in [0.717, 1.165) is 0 Å². The molecule has 2 heterocycles. The molecule has 0 aromatic carbocycles. The Morgan fingerprint density at radius 2 is 2.19 bits per heavy atom. The van der Waals surface area contributed by atoms with Crippen molar-refractivity contribution in [2.45, 2.75) is 69.2 Å². The number of alkyl halides is 2. The van der Waals surface area contributed by atoms with Crippen molar-refractivity contribution in [2.75, 3.05) is 6.61 Å². The smallest absolute Gasteiger partial charge is 0.343 e. The number of ether oxygens (including phenoxy) is 2. The molecule has 146 valence electrons. The van der Waals surface area contributed by atoms with E-state index in [1.807, 2.05) is 0 Å². The summed E-state index contributed by atoms with van der Waals surface area (Å²) in [6.07, 6.45) is -2.16. The van der Waals surface area contributed by atoms with Gasteiger partial charge in [-0.15, -0.1) is 0 Å². The number of Topliss-reactive ketones (excluding diaryl/α,β-unsaturated/α-hetero) is 1. The zero-order chi connectivity index (χ0) is 19.3. The average Bonchev–Trinajstić information content (AvgIpc) is 2.67. The molecule has 0 N–H and O–H groups in total. The summed E-state index contributed by atoms with van der Waals surface area (Å²) in [7, 11) is 0. The highest BCUT2D eigenvalue weighted by molar-refractivity contribution is 6.18. The van der Waals surface area contributed by atoms with Crippen LogP contribution in [0, 0.1) is 23.2 Å². The summed E-state index contributed by atoms with van der Waals surface area (Å²) in [5, 5.41) is 9.31. The van der Waals surface area contributed by atoms with Gasteiger partial charge in [-0.05, 0) is 32.6 Å². The van der Waals surface area contributed by atoms with Crippen LogP contribution in [-0.2, 0) is 19.1 Å². The lowest BCUT2D eigenvalue weighted by Gasteiger charge is -2.58. The van der Waals surface area contributed by atoms with Crippen LogP contribution < -0.4 is 0 Å². The predicted octanol–water partition coefficient (Wildman–Crippen LogP) is 1.84. The zero-order valence-electron chi connectivity index (χ0n) is 15.0. The van der Waals surface area contributed by atoms with E-state index >= 15 is 0 Å². The maximum absolute atomic E-state index is 14.6. The number of carbonyl (C=O) groups is 2. The van der Waals surface area contributed by atoms with Gasteiger partial charge in [-0.3, -0.25) is 4.79 Å². The third kappa shape index (κ3) is 2.83. The van der Waals surface area contributed by atoms with E-state index < -0.39 is 42.2 Å². The number of hydrogen-bond acceptors (Lipinski definition) is 6. The van der Waals surface area contributed by atoms with Crippen molar-refractivity contribution in [2.24, 2.45) is 11.8 Å². The topological polar surface area (TPSA) is 79.6 Å². The molecule has 2 aliphatic carbocycles. The largest absolute Gasteiger partial charge is 0.462 e. The summed E-state index contributed by atoms with van der Waals surface area (Å²) in [5.74, 6) is -2.28. The molecular weight excluding hydrogens is 358 g/mol. The van der Waals surface area contributed by atoms with Crippen molar-refractivity contribution < 1.29 is 27.8 Å². The molecule has 0 aromatic heterocycles. The van der Waals surface area contributed by atoms with Crippen molar-refractivity contribution in [1.82, 2.24) is 4.90 Å². The molecule has 6 nitrogen and oxygen atoms in total. The minimum Gasteiger partial charge on any atom is -0.462 e. The van der Waals surface area contributed by atoms with Gasteiger partial charge in [0, 0.05) is 18.0 Å². The summed E-state index contributed by atoms with van der Waals surface area (Å²) in [4.78, 5) is 26.9. The number of carbonyl (C=O) groups excluding carboxylic acids is 2. The molecule has 3 fully saturated rings. The minimum absolute atomic E-state index is 0.115. The molecule has 4 aliphatic rings. The second-order valence-electron chi connectivity index (χ2n) is 7.71. The van der Waals surface area contributed by atoms with Gasteiger partial charge >= 0.3 is 5.97 Å². The Kier molecular flexibility index (Phi) is 4.66. The number of rotatable bonds is 2. The molecular formula is C19H22F2N2O4. The summed E-state index contributed by atoms with van der Waals surface area (Å²) in [6.45, 7) is 1.75. The fraction of sp³-hybridized carbons (Fsp3) is 0.737. The van der Waals surface area contributed by atoms with E-state index in [9.17, 15) is 23.6 Å². The van der Waals surface area contributed by atoms with Crippen LogP contribution in [0.2, 0.25) is 0 Å². The molecule has 1 saturated heterocycles. The van der Waals surface area contributed by atoms with Crippen LogP contribution in [0.25, 0.3) is 0 Å². The molecule has 4 rings (SSSR count). The van der Waals surface area contributed by atoms with Crippen LogP contribution in [0.3, 0.4) is 0 Å². The molecule has 8 heteroatoms. The van der Waals surface area contributed by atoms with E-state index in [1.54, 1.807) is 11.8 Å². The number of nitriles is 1. The van der Waals surface area contributed by atoms with Gasteiger partial charge in [0.05, 0.1) is 30.9 Å². The molecule has 2 aliphatic heterocycles. The zero-order valence-corrected chi connectivity index (χ0v) is 15.0. The van der Waals surface area contributed by atoms with E-state index in [1.165, 1.54) is 6.20 Å². The molecule has 8 atom stereocenters. The number of nitrogens with zero attached hydrogens (tertiary/aromatic N) is 2. The second-order valence-corrected chi connectivity index (χ2v) is 7.71. The quantitative estimate of drug-likeness (QED) is 0.537. The fourth-order valence-corrected chi connectivity index (χ4v) is 5.02. The lowest BCUT2D eigenvalue weighted by atomic mass is 9.70. The molecule has 0 radical (unpaired) electrons. The first-order chi connectivity index (χ1) is 13.0. The summed E-state index contributed by atoms with van der Waals surface area (Å²) in [6, 6.07) is 1.37. The van der Waals surface area contributed by atoms with Gasteiger partial charge in [-0.1, -0.05) is 0 Å². The van der Waals surface area contributed by atoms with Crippen LogP contribution in [0.4, 0.5) is 8.78 Å². The van der Waals surface area contributed by atoms with Gasteiger partial charge in [-0.25, -0.2) is 13.6 Å². The molecule has 2 saturated carbocycles. The van der Waals surface area contributed by atoms with Gasteiger partial charge in [0.1, 0.15) is 17.8 Å². The number of morpholine rings is 1. The van der Waals surface area contributed by atoms with Crippen LogP contribution in [0.15, 0.2) is 11.8 Å². The van der Waals surface area contributed by atoms with E-state index in [-0.39, 0.29) is 36.7 Å². The highest BCUT2D eigenvalue weighted by Crippen LogP contribution is 2.47. The third-order valence-corrected chi connectivity index (χ3v) is 6.26. The summed E-state index contributed by atoms with van der Waals surface area (Å²) >= 11 is 0. The molecule has 8 unspecified atom stereocenters. The second kappa shape index (κ2) is 6.86. The van der Waals surface area contributed by atoms with E-state index in [0.29, 0.717) is 19.3 Å². The van der Waals surface area contributed by atoms with Crippen molar-refractivity contribution in [3.8, 4) is 6.07 Å². The Morgan fingerprint density at radius 3 is 2.89 bits per heavy atom.